The highest BCUT2D eigenvalue weighted by Crippen LogP contribution is 2.18. The third kappa shape index (κ3) is 5.95. The maximum Gasteiger partial charge on any atom is 0.247 e. The van der Waals surface area contributed by atoms with E-state index in [4.69, 9.17) is 4.74 Å². The summed E-state index contributed by atoms with van der Waals surface area (Å²) in [6.45, 7) is 5.67. The molecule has 2 rings (SSSR count). The molecule has 2 aromatic carbocycles. The predicted octanol–water partition coefficient (Wildman–Crippen LogP) is 3.36. The number of carbonyl (C=O) groups excluding carboxylic acids is 2. The zero-order valence-corrected chi connectivity index (χ0v) is 14.8. The molecule has 0 aliphatic heterocycles. The fraction of sp³-hybridized carbons (Fsp3) is 0.300. The molecule has 0 fully saturated rings. The van der Waals surface area contributed by atoms with Gasteiger partial charge in [0.25, 0.3) is 0 Å². The van der Waals surface area contributed by atoms with Gasteiger partial charge in [-0.05, 0) is 35.7 Å². The van der Waals surface area contributed by atoms with Crippen LogP contribution in [0.2, 0.25) is 0 Å². The van der Waals surface area contributed by atoms with Gasteiger partial charge in [-0.2, -0.15) is 0 Å². The number of rotatable bonds is 7. The average Bonchev–Trinajstić information content (AvgIpc) is 2.59. The maximum atomic E-state index is 12.3. The summed E-state index contributed by atoms with van der Waals surface area (Å²) < 4.78 is 5.72. The first-order valence-electron chi connectivity index (χ1n) is 8.30. The van der Waals surface area contributed by atoms with Crippen LogP contribution in [0.3, 0.4) is 0 Å². The molecule has 1 atom stereocenters. The zero-order chi connectivity index (χ0) is 18.2. The molecule has 0 spiro atoms. The minimum Gasteiger partial charge on any atom is -0.489 e. The Morgan fingerprint density at radius 3 is 2.20 bits per heavy atom. The minimum atomic E-state index is -0.563. The molecule has 2 amide bonds. The lowest BCUT2D eigenvalue weighted by atomic mass is 10.0. The SMILES string of the molecule is CC(=O)N[C@H](C(=O)Nc1ccc(OCc2ccccc2)cc1)C(C)C. The van der Waals surface area contributed by atoms with Gasteiger partial charge in [0, 0.05) is 12.6 Å². The van der Waals surface area contributed by atoms with Crippen LogP contribution in [-0.2, 0) is 16.2 Å². The van der Waals surface area contributed by atoms with Crippen molar-refractivity contribution in [2.75, 3.05) is 5.32 Å². The van der Waals surface area contributed by atoms with Gasteiger partial charge in [-0.1, -0.05) is 44.2 Å². The number of carbonyl (C=O) groups is 2. The molecule has 2 aromatic rings. The molecule has 2 N–H and O–H groups in total. The molecule has 0 saturated heterocycles. The van der Waals surface area contributed by atoms with Crippen LogP contribution < -0.4 is 15.4 Å². The normalized spacial score (nSPS) is 11.7. The fourth-order valence-corrected chi connectivity index (χ4v) is 2.35. The molecule has 0 unspecified atom stereocenters. The summed E-state index contributed by atoms with van der Waals surface area (Å²) >= 11 is 0. The summed E-state index contributed by atoms with van der Waals surface area (Å²) in [6.07, 6.45) is 0. The molecule has 25 heavy (non-hydrogen) atoms. The van der Waals surface area contributed by atoms with Gasteiger partial charge in [-0.15, -0.1) is 0 Å². The van der Waals surface area contributed by atoms with E-state index in [1.807, 2.05) is 44.2 Å². The number of benzene rings is 2. The van der Waals surface area contributed by atoms with E-state index in [0.717, 1.165) is 11.3 Å². The van der Waals surface area contributed by atoms with E-state index in [1.165, 1.54) is 6.92 Å². The summed E-state index contributed by atoms with van der Waals surface area (Å²) in [4.78, 5) is 23.6. The van der Waals surface area contributed by atoms with Crippen molar-refractivity contribution in [1.29, 1.82) is 0 Å². The van der Waals surface area contributed by atoms with Crippen molar-refractivity contribution in [2.45, 2.75) is 33.4 Å². The van der Waals surface area contributed by atoms with E-state index in [2.05, 4.69) is 10.6 Å². The van der Waals surface area contributed by atoms with Crippen LogP contribution in [0.5, 0.6) is 5.75 Å². The van der Waals surface area contributed by atoms with Crippen LogP contribution in [0.25, 0.3) is 0 Å². The summed E-state index contributed by atoms with van der Waals surface area (Å²) in [5.74, 6) is 0.267. The van der Waals surface area contributed by atoms with Crippen LogP contribution in [-0.4, -0.2) is 17.9 Å². The van der Waals surface area contributed by atoms with E-state index in [-0.39, 0.29) is 17.7 Å². The van der Waals surface area contributed by atoms with Gasteiger partial charge in [0.1, 0.15) is 18.4 Å². The lowest BCUT2D eigenvalue weighted by Gasteiger charge is -2.21. The molecule has 0 bridgehead atoms. The first kappa shape index (κ1) is 18.5. The Balaban J connectivity index is 1.92. The van der Waals surface area contributed by atoms with Gasteiger partial charge < -0.3 is 15.4 Å². The van der Waals surface area contributed by atoms with Gasteiger partial charge in [0.05, 0.1) is 0 Å². The maximum absolute atomic E-state index is 12.3. The van der Waals surface area contributed by atoms with E-state index >= 15 is 0 Å². The van der Waals surface area contributed by atoms with E-state index in [9.17, 15) is 9.59 Å². The number of ether oxygens (including phenoxy) is 1. The van der Waals surface area contributed by atoms with Crippen molar-refractivity contribution in [2.24, 2.45) is 5.92 Å². The molecule has 0 aromatic heterocycles. The molecule has 5 nitrogen and oxygen atoms in total. The van der Waals surface area contributed by atoms with Gasteiger partial charge in [0.2, 0.25) is 11.8 Å². The highest BCUT2D eigenvalue weighted by Gasteiger charge is 2.22. The second-order valence-corrected chi connectivity index (χ2v) is 6.21. The molecule has 132 valence electrons. The molecule has 5 heteroatoms. The molecule has 0 saturated carbocycles. The van der Waals surface area contributed by atoms with Gasteiger partial charge in [-0.25, -0.2) is 0 Å². The highest BCUT2D eigenvalue weighted by molar-refractivity contribution is 5.97. The van der Waals surface area contributed by atoms with Crippen LogP contribution in [0.15, 0.2) is 54.6 Å². The largest absolute Gasteiger partial charge is 0.489 e. The van der Waals surface area contributed by atoms with Crippen LogP contribution >= 0.6 is 0 Å². The first-order chi connectivity index (χ1) is 12.0. The Morgan fingerprint density at radius 1 is 1.00 bits per heavy atom. The molecule has 0 aliphatic rings. The van der Waals surface area contributed by atoms with Crippen molar-refractivity contribution < 1.29 is 14.3 Å². The van der Waals surface area contributed by atoms with Gasteiger partial charge in [-0.3, -0.25) is 9.59 Å². The summed E-state index contributed by atoms with van der Waals surface area (Å²) in [7, 11) is 0. The smallest absolute Gasteiger partial charge is 0.247 e. The molecule has 0 aliphatic carbocycles. The van der Waals surface area contributed by atoms with Crippen LogP contribution in [0, 0.1) is 5.92 Å². The van der Waals surface area contributed by atoms with Crippen LogP contribution in [0.4, 0.5) is 5.69 Å². The Bertz CT molecular complexity index is 697. The van der Waals surface area contributed by atoms with Gasteiger partial charge in [0.15, 0.2) is 0 Å². The second-order valence-electron chi connectivity index (χ2n) is 6.21. The van der Waals surface area contributed by atoms with Gasteiger partial charge >= 0.3 is 0 Å². The van der Waals surface area contributed by atoms with Crippen molar-refractivity contribution in [3.8, 4) is 5.75 Å². The standard InChI is InChI=1S/C20H24N2O3/c1-14(2)19(21-15(3)23)20(24)22-17-9-11-18(12-10-17)25-13-16-7-5-4-6-8-16/h4-12,14,19H,13H2,1-3H3,(H,21,23)(H,22,24)/t19-/m0/s1. The Morgan fingerprint density at radius 2 is 1.64 bits per heavy atom. The number of nitrogens with one attached hydrogen (secondary N) is 2. The van der Waals surface area contributed by atoms with E-state index in [0.29, 0.717) is 12.3 Å². The Kier molecular flexibility index (Phi) is 6.57. The van der Waals surface area contributed by atoms with Crippen molar-refractivity contribution in [3.05, 3.63) is 60.2 Å². The Hall–Kier alpha value is -2.82. The third-order valence-electron chi connectivity index (χ3n) is 3.68. The third-order valence-corrected chi connectivity index (χ3v) is 3.68. The van der Waals surface area contributed by atoms with Crippen molar-refractivity contribution in [1.82, 2.24) is 5.32 Å². The number of hydrogen-bond donors (Lipinski definition) is 2. The summed E-state index contributed by atoms with van der Waals surface area (Å²) in [6, 6.07) is 16.5. The summed E-state index contributed by atoms with van der Waals surface area (Å²) in [5.41, 5.74) is 1.75. The van der Waals surface area contributed by atoms with Crippen molar-refractivity contribution in [3.63, 3.8) is 0 Å². The zero-order valence-electron chi connectivity index (χ0n) is 14.8. The molecule has 0 radical (unpaired) electrons. The topological polar surface area (TPSA) is 67.4 Å². The minimum absolute atomic E-state index is 0.00243. The van der Waals surface area contributed by atoms with Crippen LogP contribution in [0.1, 0.15) is 26.3 Å². The van der Waals surface area contributed by atoms with Crippen molar-refractivity contribution >= 4 is 17.5 Å². The monoisotopic (exact) mass is 340 g/mol. The quantitative estimate of drug-likeness (QED) is 0.812. The van der Waals surface area contributed by atoms with E-state index in [1.54, 1.807) is 24.3 Å². The second kappa shape index (κ2) is 8.87. The lowest BCUT2D eigenvalue weighted by Crippen LogP contribution is -2.46. The summed E-state index contributed by atoms with van der Waals surface area (Å²) in [5, 5.41) is 5.49. The fourth-order valence-electron chi connectivity index (χ4n) is 2.35. The first-order valence-corrected chi connectivity index (χ1v) is 8.30. The lowest BCUT2D eigenvalue weighted by molar-refractivity contribution is -0.126. The molecular weight excluding hydrogens is 316 g/mol. The average molecular weight is 340 g/mol. The number of hydrogen-bond acceptors (Lipinski definition) is 3. The predicted molar refractivity (Wildman–Crippen MR) is 98.3 cm³/mol. The number of anilines is 1. The molecular formula is C20H24N2O3. The molecule has 0 heterocycles. The Labute approximate surface area is 148 Å². The number of amides is 2. The highest BCUT2D eigenvalue weighted by atomic mass is 16.5. The van der Waals surface area contributed by atoms with E-state index < -0.39 is 6.04 Å².